The highest BCUT2D eigenvalue weighted by Gasteiger charge is 2.41. The van der Waals surface area contributed by atoms with Gasteiger partial charge in [0.2, 0.25) is 0 Å². The second-order valence-corrected chi connectivity index (χ2v) is 6.80. The number of carbonyl (C=O) groups is 3. The van der Waals surface area contributed by atoms with E-state index in [0.29, 0.717) is 4.68 Å². The Hall–Kier alpha value is -4.75. The van der Waals surface area contributed by atoms with Gasteiger partial charge in [0.1, 0.15) is 5.56 Å². The molecule has 2 N–H and O–H groups in total. The van der Waals surface area contributed by atoms with Crippen LogP contribution in [-0.4, -0.2) is 39.1 Å². The van der Waals surface area contributed by atoms with Gasteiger partial charge in [0.25, 0.3) is 17.5 Å². The van der Waals surface area contributed by atoms with Gasteiger partial charge < -0.3 is 4.74 Å². The Balaban J connectivity index is 1.75. The zero-order valence-corrected chi connectivity index (χ0v) is 17.8. The number of rotatable bonds is 6. The minimum absolute atomic E-state index is 0.0283. The first-order valence-electron chi connectivity index (χ1n) is 9.80. The third-order valence-corrected chi connectivity index (χ3v) is 4.52. The van der Waals surface area contributed by atoms with Crippen LogP contribution in [0, 0.1) is 10.1 Å². The zero-order valence-electron chi connectivity index (χ0n) is 17.8. The average Bonchev–Trinajstić information content (AvgIpc) is 3.29. The highest BCUT2D eigenvalue weighted by molar-refractivity contribution is 5.99. The Morgan fingerprint density at radius 1 is 1.06 bits per heavy atom. The number of nitro benzene ring substituents is 1. The van der Waals surface area contributed by atoms with Crippen molar-refractivity contribution in [1.82, 2.24) is 20.6 Å². The van der Waals surface area contributed by atoms with Gasteiger partial charge in [-0.25, -0.2) is 9.48 Å². The molecule has 35 heavy (non-hydrogen) atoms. The van der Waals surface area contributed by atoms with E-state index in [1.807, 2.05) is 0 Å². The molecule has 0 saturated heterocycles. The monoisotopic (exact) mass is 491 g/mol. The summed E-state index contributed by atoms with van der Waals surface area (Å²) < 4.78 is 46.0. The van der Waals surface area contributed by atoms with Crippen molar-refractivity contribution < 1.29 is 37.2 Å². The lowest BCUT2D eigenvalue weighted by atomic mass is 10.2. The third-order valence-electron chi connectivity index (χ3n) is 4.52. The van der Waals surface area contributed by atoms with Gasteiger partial charge in [-0.1, -0.05) is 6.07 Å². The molecule has 2 aromatic carbocycles. The van der Waals surface area contributed by atoms with Gasteiger partial charge in [-0.3, -0.25) is 30.6 Å². The number of hydrazine groups is 1. The van der Waals surface area contributed by atoms with E-state index in [-0.39, 0.29) is 29.1 Å². The quantitative estimate of drug-likeness (QED) is 0.306. The maximum Gasteiger partial charge on any atom is 0.434 e. The van der Waals surface area contributed by atoms with Crippen LogP contribution in [0.4, 0.5) is 18.9 Å². The van der Waals surface area contributed by atoms with Gasteiger partial charge in [-0.05, 0) is 37.3 Å². The number of esters is 1. The fourth-order valence-electron chi connectivity index (χ4n) is 2.95. The molecule has 1 aromatic heterocycles. The van der Waals surface area contributed by atoms with Crippen LogP contribution in [0.3, 0.4) is 0 Å². The number of ether oxygens (including phenoxy) is 1. The van der Waals surface area contributed by atoms with Crippen molar-refractivity contribution in [2.45, 2.75) is 13.1 Å². The smallest absolute Gasteiger partial charge is 0.434 e. The van der Waals surface area contributed by atoms with E-state index in [4.69, 9.17) is 0 Å². The van der Waals surface area contributed by atoms with E-state index in [0.717, 1.165) is 24.4 Å². The van der Waals surface area contributed by atoms with Crippen LogP contribution >= 0.6 is 0 Å². The molecule has 0 aliphatic carbocycles. The van der Waals surface area contributed by atoms with Gasteiger partial charge >= 0.3 is 12.1 Å². The summed E-state index contributed by atoms with van der Waals surface area (Å²) in [6.07, 6.45) is -4.18. The molecule has 2 amide bonds. The molecular formula is C21H16F3N5O6. The number of amides is 2. The summed E-state index contributed by atoms with van der Waals surface area (Å²) >= 11 is 0. The Kier molecular flexibility index (Phi) is 7.13. The molecule has 14 heteroatoms. The summed E-state index contributed by atoms with van der Waals surface area (Å²) in [5, 5.41) is 14.4. The highest BCUT2D eigenvalue weighted by Crippen LogP contribution is 2.34. The molecule has 11 nitrogen and oxygen atoms in total. The van der Waals surface area contributed by atoms with Gasteiger partial charge in [0, 0.05) is 23.3 Å². The van der Waals surface area contributed by atoms with E-state index in [1.54, 1.807) is 0 Å². The van der Waals surface area contributed by atoms with Crippen molar-refractivity contribution in [2.75, 3.05) is 6.61 Å². The number of benzene rings is 2. The van der Waals surface area contributed by atoms with E-state index in [1.165, 1.54) is 37.3 Å². The molecule has 0 radical (unpaired) electrons. The number of hydrogen-bond donors (Lipinski definition) is 2. The number of nitro groups is 1. The molecule has 0 fully saturated rings. The maximum absolute atomic E-state index is 13.6. The molecular weight excluding hydrogens is 475 g/mol. The SMILES string of the molecule is CCOC(=O)c1cnn(-c2ccc(C(=O)NNC(=O)c3cccc([N+](=O)[O-])c3)cc2)c1C(F)(F)F. The molecule has 3 rings (SSSR count). The minimum atomic E-state index is -4.93. The molecule has 1 heterocycles. The van der Waals surface area contributed by atoms with Gasteiger partial charge in [-0.2, -0.15) is 18.3 Å². The first-order valence-corrected chi connectivity index (χ1v) is 9.80. The van der Waals surface area contributed by atoms with Gasteiger partial charge in [-0.15, -0.1) is 0 Å². The number of non-ortho nitro benzene ring substituents is 1. The van der Waals surface area contributed by atoms with Crippen molar-refractivity contribution in [3.63, 3.8) is 0 Å². The summed E-state index contributed by atoms with van der Waals surface area (Å²) in [5.41, 5.74) is 1.58. The summed E-state index contributed by atoms with van der Waals surface area (Å²) in [6.45, 7) is 1.33. The van der Waals surface area contributed by atoms with Crippen LogP contribution in [0.25, 0.3) is 5.69 Å². The Morgan fingerprint density at radius 3 is 2.26 bits per heavy atom. The molecule has 182 valence electrons. The van der Waals surface area contributed by atoms with E-state index < -0.39 is 40.1 Å². The second-order valence-electron chi connectivity index (χ2n) is 6.80. The number of hydrogen-bond acceptors (Lipinski definition) is 7. The van der Waals surface area contributed by atoms with Crippen molar-refractivity contribution >= 4 is 23.5 Å². The van der Waals surface area contributed by atoms with Crippen LogP contribution in [-0.2, 0) is 10.9 Å². The minimum Gasteiger partial charge on any atom is -0.462 e. The maximum atomic E-state index is 13.6. The molecule has 0 aliphatic heterocycles. The fraction of sp³-hybridized carbons (Fsp3) is 0.143. The summed E-state index contributed by atoms with van der Waals surface area (Å²) in [4.78, 5) is 46.4. The average molecular weight is 491 g/mol. The summed E-state index contributed by atoms with van der Waals surface area (Å²) in [7, 11) is 0. The lowest BCUT2D eigenvalue weighted by Crippen LogP contribution is -2.41. The van der Waals surface area contributed by atoms with E-state index >= 15 is 0 Å². The zero-order chi connectivity index (χ0) is 25.8. The number of halogens is 3. The number of nitrogens with one attached hydrogen (secondary N) is 2. The lowest BCUT2D eigenvalue weighted by Gasteiger charge is -2.13. The van der Waals surface area contributed by atoms with E-state index in [9.17, 15) is 37.7 Å². The number of carbonyl (C=O) groups excluding carboxylic acids is 3. The first kappa shape index (κ1) is 24.9. The van der Waals surface area contributed by atoms with E-state index in [2.05, 4.69) is 20.7 Å². The highest BCUT2D eigenvalue weighted by atomic mass is 19.4. The van der Waals surface area contributed by atoms with Crippen molar-refractivity contribution in [3.8, 4) is 5.69 Å². The molecule has 0 bridgehead atoms. The molecule has 0 unspecified atom stereocenters. The first-order chi connectivity index (χ1) is 16.5. The topological polar surface area (TPSA) is 145 Å². The summed E-state index contributed by atoms with van der Waals surface area (Å²) in [5.74, 6) is -2.81. The molecule has 0 atom stereocenters. The van der Waals surface area contributed by atoms with Crippen LogP contribution < -0.4 is 10.9 Å². The Labute approximate surface area is 194 Å². The van der Waals surface area contributed by atoms with Crippen LogP contribution in [0.2, 0.25) is 0 Å². The lowest BCUT2D eigenvalue weighted by molar-refractivity contribution is -0.384. The predicted molar refractivity (Wildman–Crippen MR) is 113 cm³/mol. The number of aromatic nitrogens is 2. The summed E-state index contributed by atoms with van der Waals surface area (Å²) in [6, 6.07) is 9.48. The number of alkyl halides is 3. The fourth-order valence-corrected chi connectivity index (χ4v) is 2.95. The predicted octanol–water partition coefficient (Wildman–Crippen LogP) is 3.05. The van der Waals surface area contributed by atoms with Gasteiger partial charge in [0.05, 0.1) is 23.4 Å². The van der Waals surface area contributed by atoms with Crippen LogP contribution in [0.5, 0.6) is 0 Å². The largest absolute Gasteiger partial charge is 0.462 e. The standard InChI is InChI=1S/C21H16F3N5O6/c1-2-35-20(32)16-11-25-28(17(16)21(22,23)24)14-8-6-12(7-9-14)18(30)26-27-19(31)13-4-3-5-15(10-13)29(33)34/h3-11H,2H2,1H3,(H,26,30)(H,27,31). The van der Waals surface area contributed by atoms with Crippen molar-refractivity contribution in [2.24, 2.45) is 0 Å². The van der Waals surface area contributed by atoms with Crippen LogP contribution in [0.15, 0.2) is 54.7 Å². The molecule has 0 saturated carbocycles. The van der Waals surface area contributed by atoms with Gasteiger partial charge in [0.15, 0.2) is 5.69 Å². The second kappa shape index (κ2) is 10.0. The Bertz CT molecular complexity index is 1290. The third kappa shape index (κ3) is 5.61. The molecule has 0 aliphatic rings. The van der Waals surface area contributed by atoms with Crippen molar-refractivity contribution in [3.05, 3.63) is 87.2 Å². The normalized spacial score (nSPS) is 11.0. The van der Waals surface area contributed by atoms with Crippen LogP contribution in [0.1, 0.15) is 43.7 Å². The van der Waals surface area contributed by atoms with Crippen molar-refractivity contribution in [1.29, 1.82) is 0 Å². The Morgan fingerprint density at radius 2 is 1.69 bits per heavy atom. The number of nitrogens with zero attached hydrogens (tertiary/aromatic N) is 3. The molecule has 0 spiro atoms. The molecule has 3 aromatic rings.